The van der Waals surface area contributed by atoms with Crippen LogP contribution < -0.4 is 5.32 Å². The summed E-state index contributed by atoms with van der Waals surface area (Å²) in [5.41, 5.74) is 2.86. The Morgan fingerprint density at radius 2 is 2.00 bits per heavy atom. The van der Waals surface area contributed by atoms with Gasteiger partial charge in [-0.1, -0.05) is 38.0 Å². The minimum atomic E-state index is 0.662. The molecule has 104 valence electrons. The van der Waals surface area contributed by atoms with Crippen LogP contribution in [0.15, 0.2) is 24.3 Å². The Hall–Kier alpha value is -1.02. The normalized spacial score (nSPS) is 30.2. The Kier molecular flexibility index (Phi) is 3.79. The van der Waals surface area contributed by atoms with E-state index in [9.17, 15) is 0 Å². The molecular formula is C17H26N2. The number of nitrogens with zero attached hydrogens (tertiary/aromatic N) is 1. The van der Waals surface area contributed by atoms with E-state index >= 15 is 0 Å². The molecule has 0 saturated heterocycles. The number of para-hydroxylation sites is 1. The van der Waals surface area contributed by atoms with Crippen molar-refractivity contribution >= 4 is 5.69 Å². The van der Waals surface area contributed by atoms with E-state index in [0.717, 1.165) is 18.5 Å². The highest BCUT2D eigenvalue weighted by molar-refractivity contribution is 5.57. The molecule has 0 spiro atoms. The lowest BCUT2D eigenvalue weighted by molar-refractivity contribution is 0.134. The van der Waals surface area contributed by atoms with Crippen LogP contribution in [0.1, 0.15) is 44.1 Å². The molecule has 2 aliphatic rings. The number of likely N-dealkylation sites (N-methyl/N-ethyl adjacent to an activating group) is 1. The second-order valence-electron chi connectivity index (χ2n) is 6.43. The van der Waals surface area contributed by atoms with Gasteiger partial charge in [-0.3, -0.25) is 0 Å². The number of rotatable bonds is 3. The predicted molar refractivity (Wildman–Crippen MR) is 81.7 cm³/mol. The van der Waals surface area contributed by atoms with E-state index in [1.807, 2.05) is 0 Å². The van der Waals surface area contributed by atoms with Crippen molar-refractivity contribution in [2.75, 3.05) is 25.5 Å². The molecular weight excluding hydrogens is 232 g/mol. The third-order valence-electron chi connectivity index (χ3n) is 5.08. The summed E-state index contributed by atoms with van der Waals surface area (Å²) in [7, 11) is 2.33. The van der Waals surface area contributed by atoms with Gasteiger partial charge in [0.05, 0.1) is 0 Å². The first-order chi connectivity index (χ1) is 9.25. The summed E-state index contributed by atoms with van der Waals surface area (Å²) in [6.45, 7) is 4.73. The van der Waals surface area contributed by atoms with E-state index in [1.54, 1.807) is 0 Å². The van der Waals surface area contributed by atoms with E-state index in [2.05, 4.69) is 48.5 Å². The maximum atomic E-state index is 3.54. The van der Waals surface area contributed by atoms with Gasteiger partial charge in [0.15, 0.2) is 0 Å². The van der Waals surface area contributed by atoms with E-state index in [-0.39, 0.29) is 0 Å². The molecule has 0 radical (unpaired) electrons. The van der Waals surface area contributed by atoms with Crippen LogP contribution in [0, 0.1) is 5.92 Å². The molecule has 1 fully saturated rings. The van der Waals surface area contributed by atoms with Crippen LogP contribution >= 0.6 is 0 Å². The lowest BCUT2D eigenvalue weighted by Crippen LogP contribution is -2.41. The van der Waals surface area contributed by atoms with Crippen molar-refractivity contribution in [2.24, 2.45) is 5.92 Å². The number of anilines is 1. The number of nitrogens with one attached hydrogen (secondary N) is 1. The van der Waals surface area contributed by atoms with Crippen molar-refractivity contribution in [2.45, 2.75) is 44.6 Å². The molecule has 1 aromatic rings. The summed E-state index contributed by atoms with van der Waals surface area (Å²) in [5.74, 6) is 1.53. The Labute approximate surface area is 117 Å². The standard InChI is InChI=1S/C17H26N2/c1-13-7-3-6-10-17(13)19(2)12-14-11-18-16-9-5-4-8-15(14)16/h4-5,8-9,13-14,17-18H,3,6-7,10-12H2,1-2H3. The quantitative estimate of drug-likeness (QED) is 0.889. The molecule has 1 N–H and O–H groups in total. The molecule has 3 rings (SSSR count). The number of hydrogen-bond acceptors (Lipinski definition) is 2. The zero-order valence-electron chi connectivity index (χ0n) is 12.2. The van der Waals surface area contributed by atoms with E-state index in [1.165, 1.54) is 43.5 Å². The summed E-state index contributed by atoms with van der Waals surface area (Å²) in [4.78, 5) is 2.62. The fourth-order valence-electron chi connectivity index (χ4n) is 3.95. The van der Waals surface area contributed by atoms with E-state index in [4.69, 9.17) is 0 Å². The largest absolute Gasteiger partial charge is 0.384 e. The zero-order valence-corrected chi connectivity index (χ0v) is 12.2. The Balaban J connectivity index is 1.66. The van der Waals surface area contributed by atoms with Gasteiger partial charge in [0.1, 0.15) is 0 Å². The average molecular weight is 258 g/mol. The average Bonchev–Trinajstić information content (AvgIpc) is 2.83. The SMILES string of the molecule is CC1CCCCC1N(C)CC1CNc2ccccc21. The molecule has 1 saturated carbocycles. The zero-order chi connectivity index (χ0) is 13.2. The molecule has 0 bridgehead atoms. The summed E-state index contributed by atoms with van der Waals surface area (Å²) >= 11 is 0. The summed E-state index contributed by atoms with van der Waals surface area (Å²) < 4.78 is 0. The predicted octanol–water partition coefficient (Wildman–Crippen LogP) is 3.71. The second kappa shape index (κ2) is 5.54. The lowest BCUT2D eigenvalue weighted by Gasteiger charge is -2.37. The highest BCUT2D eigenvalue weighted by atomic mass is 15.1. The van der Waals surface area contributed by atoms with E-state index in [0.29, 0.717) is 5.92 Å². The summed E-state index contributed by atoms with van der Waals surface area (Å²) in [5, 5.41) is 3.54. The Morgan fingerprint density at radius 3 is 2.84 bits per heavy atom. The third-order valence-corrected chi connectivity index (χ3v) is 5.08. The van der Waals surface area contributed by atoms with Gasteiger partial charge in [0.25, 0.3) is 0 Å². The van der Waals surface area contributed by atoms with Crippen LogP contribution in [-0.4, -0.2) is 31.1 Å². The maximum absolute atomic E-state index is 3.54. The molecule has 1 aromatic carbocycles. The highest BCUT2D eigenvalue weighted by Crippen LogP contribution is 2.33. The summed E-state index contributed by atoms with van der Waals surface area (Å²) in [6, 6.07) is 9.58. The van der Waals surface area contributed by atoms with Gasteiger partial charge < -0.3 is 10.2 Å². The van der Waals surface area contributed by atoms with Gasteiger partial charge in [-0.05, 0) is 37.4 Å². The van der Waals surface area contributed by atoms with Crippen LogP contribution in [0.3, 0.4) is 0 Å². The van der Waals surface area contributed by atoms with Crippen LogP contribution in [0.4, 0.5) is 5.69 Å². The number of fused-ring (bicyclic) bond motifs is 1. The smallest absolute Gasteiger partial charge is 0.0376 e. The van der Waals surface area contributed by atoms with Crippen molar-refractivity contribution in [3.63, 3.8) is 0 Å². The fraction of sp³-hybridized carbons (Fsp3) is 0.647. The topological polar surface area (TPSA) is 15.3 Å². The molecule has 0 aromatic heterocycles. The van der Waals surface area contributed by atoms with Crippen LogP contribution in [0.2, 0.25) is 0 Å². The monoisotopic (exact) mass is 258 g/mol. The molecule has 3 atom stereocenters. The Morgan fingerprint density at radius 1 is 1.21 bits per heavy atom. The molecule has 1 aliphatic carbocycles. The first kappa shape index (κ1) is 13.0. The van der Waals surface area contributed by atoms with Crippen molar-refractivity contribution in [1.29, 1.82) is 0 Å². The second-order valence-corrected chi connectivity index (χ2v) is 6.43. The minimum Gasteiger partial charge on any atom is -0.384 e. The maximum Gasteiger partial charge on any atom is 0.0376 e. The molecule has 2 nitrogen and oxygen atoms in total. The van der Waals surface area contributed by atoms with Crippen LogP contribution in [-0.2, 0) is 0 Å². The minimum absolute atomic E-state index is 0.662. The van der Waals surface area contributed by atoms with Gasteiger partial charge in [-0.15, -0.1) is 0 Å². The number of hydrogen-bond donors (Lipinski definition) is 1. The first-order valence-corrected chi connectivity index (χ1v) is 7.78. The molecule has 2 heteroatoms. The van der Waals surface area contributed by atoms with Gasteiger partial charge in [-0.2, -0.15) is 0 Å². The third kappa shape index (κ3) is 2.64. The van der Waals surface area contributed by atoms with Crippen LogP contribution in [0.5, 0.6) is 0 Å². The lowest BCUT2D eigenvalue weighted by atomic mass is 9.84. The molecule has 1 aliphatic heterocycles. The van der Waals surface area contributed by atoms with Gasteiger partial charge in [0, 0.05) is 30.7 Å². The van der Waals surface area contributed by atoms with Crippen molar-refractivity contribution in [3.8, 4) is 0 Å². The van der Waals surface area contributed by atoms with Crippen molar-refractivity contribution in [3.05, 3.63) is 29.8 Å². The van der Waals surface area contributed by atoms with Crippen molar-refractivity contribution < 1.29 is 0 Å². The highest BCUT2D eigenvalue weighted by Gasteiger charge is 2.29. The molecule has 0 amide bonds. The van der Waals surface area contributed by atoms with Gasteiger partial charge >= 0.3 is 0 Å². The van der Waals surface area contributed by atoms with Gasteiger partial charge in [0.2, 0.25) is 0 Å². The Bertz CT molecular complexity index is 429. The summed E-state index contributed by atoms with van der Waals surface area (Å²) in [6.07, 6.45) is 5.64. The fourth-order valence-corrected chi connectivity index (χ4v) is 3.95. The molecule has 19 heavy (non-hydrogen) atoms. The van der Waals surface area contributed by atoms with Crippen molar-refractivity contribution in [1.82, 2.24) is 4.90 Å². The van der Waals surface area contributed by atoms with Gasteiger partial charge in [-0.25, -0.2) is 0 Å². The molecule has 3 unspecified atom stereocenters. The van der Waals surface area contributed by atoms with E-state index < -0.39 is 0 Å². The molecule has 1 heterocycles. The van der Waals surface area contributed by atoms with Crippen LogP contribution in [0.25, 0.3) is 0 Å². The number of benzene rings is 1. The first-order valence-electron chi connectivity index (χ1n) is 7.78.